The van der Waals surface area contributed by atoms with Crippen molar-refractivity contribution in [3.63, 3.8) is 0 Å². The number of benzene rings is 2. The second-order valence-electron chi connectivity index (χ2n) is 4.36. The van der Waals surface area contributed by atoms with Crippen LogP contribution in [0.15, 0.2) is 33.2 Å². The number of anilines is 2. The molecule has 110 valence electrons. The van der Waals surface area contributed by atoms with E-state index in [2.05, 4.69) is 60.2 Å². The Balaban J connectivity index is 1.69. The Morgan fingerprint density at radius 1 is 0.636 bits per heavy atom. The van der Waals surface area contributed by atoms with Gasteiger partial charge in [-0.15, -0.1) is 0 Å². The van der Waals surface area contributed by atoms with Gasteiger partial charge in [-0.2, -0.15) is 17.5 Å². The predicted octanol–water partition coefficient (Wildman–Crippen LogP) is 4.66. The lowest BCUT2D eigenvalue weighted by molar-refractivity contribution is 1.42. The van der Waals surface area contributed by atoms with Gasteiger partial charge in [-0.3, -0.25) is 10.9 Å². The van der Waals surface area contributed by atoms with Crippen molar-refractivity contribution in [1.29, 1.82) is 0 Å². The van der Waals surface area contributed by atoms with Crippen molar-refractivity contribution >= 4 is 88.8 Å². The Morgan fingerprint density at radius 2 is 1.05 bits per heavy atom. The highest BCUT2D eigenvalue weighted by Crippen LogP contribution is 2.31. The SMILES string of the molecule is Brc1ccc(NNc2ccc(Br)c3nsnc23)c2nsnc12. The molecule has 4 aromatic rings. The van der Waals surface area contributed by atoms with E-state index in [1.165, 1.54) is 23.5 Å². The van der Waals surface area contributed by atoms with Gasteiger partial charge in [0.15, 0.2) is 0 Å². The molecule has 2 heterocycles. The van der Waals surface area contributed by atoms with Crippen molar-refractivity contribution in [2.45, 2.75) is 0 Å². The van der Waals surface area contributed by atoms with Crippen LogP contribution in [0, 0.1) is 0 Å². The number of hydrogen-bond donors (Lipinski definition) is 2. The predicted molar refractivity (Wildman–Crippen MR) is 97.5 cm³/mol. The van der Waals surface area contributed by atoms with E-state index >= 15 is 0 Å². The van der Waals surface area contributed by atoms with Crippen LogP contribution in [0.5, 0.6) is 0 Å². The van der Waals surface area contributed by atoms with Crippen LogP contribution in [-0.4, -0.2) is 17.5 Å². The monoisotopic (exact) mass is 456 g/mol. The van der Waals surface area contributed by atoms with E-state index in [0.717, 1.165) is 42.4 Å². The standard InChI is InChI=1S/C12H6Br2N6S2/c13-5-1-3-7(11-9(5)17-21-19-11)15-16-8-4-2-6(14)10-12(8)20-22-18-10/h1-4,15-16H. The molecule has 4 rings (SSSR count). The van der Waals surface area contributed by atoms with Crippen LogP contribution in [0.4, 0.5) is 11.4 Å². The summed E-state index contributed by atoms with van der Waals surface area (Å²) in [7, 11) is 0. The first-order valence-corrected chi connectivity index (χ1v) is 9.12. The number of fused-ring (bicyclic) bond motifs is 2. The fourth-order valence-corrected chi connectivity index (χ4v) is 4.21. The minimum atomic E-state index is 0.816. The number of aromatic nitrogens is 4. The number of rotatable bonds is 3. The molecular weight excluding hydrogens is 452 g/mol. The lowest BCUT2D eigenvalue weighted by atomic mass is 10.2. The van der Waals surface area contributed by atoms with E-state index in [4.69, 9.17) is 0 Å². The van der Waals surface area contributed by atoms with Crippen LogP contribution < -0.4 is 10.9 Å². The Labute approximate surface area is 149 Å². The highest BCUT2D eigenvalue weighted by atomic mass is 79.9. The molecule has 0 fully saturated rings. The molecule has 0 bridgehead atoms. The maximum Gasteiger partial charge on any atom is 0.130 e. The van der Waals surface area contributed by atoms with Gasteiger partial charge in [0.25, 0.3) is 0 Å². The fourth-order valence-electron chi connectivity index (χ4n) is 2.01. The van der Waals surface area contributed by atoms with Crippen molar-refractivity contribution in [2.75, 3.05) is 10.9 Å². The van der Waals surface area contributed by atoms with Crippen molar-refractivity contribution in [1.82, 2.24) is 17.5 Å². The van der Waals surface area contributed by atoms with Crippen molar-refractivity contribution < 1.29 is 0 Å². The zero-order valence-electron chi connectivity index (χ0n) is 10.7. The van der Waals surface area contributed by atoms with Crippen molar-refractivity contribution in [3.8, 4) is 0 Å². The van der Waals surface area contributed by atoms with Gasteiger partial charge in [0.05, 0.1) is 34.8 Å². The molecule has 2 aromatic heterocycles. The third-order valence-corrected chi connectivity index (χ3v) is 5.40. The lowest BCUT2D eigenvalue weighted by Crippen LogP contribution is -2.09. The minimum Gasteiger partial charge on any atom is -0.299 e. The van der Waals surface area contributed by atoms with Gasteiger partial charge in [0.1, 0.15) is 22.1 Å². The maximum absolute atomic E-state index is 4.32. The van der Waals surface area contributed by atoms with Gasteiger partial charge < -0.3 is 0 Å². The zero-order valence-corrected chi connectivity index (χ0v) is 15.5. The molecule has 2 aromatic carbocycles. The molecule has 0 aliphatic heterocycles. The summed E-state index contributed by atoms with van der Waals surface area (Å²) in [6, 6.07) is 7.76. The van der Waals surface area contributed by atoms with E-state index in [0.29, 0.717) is 0 Å². The van der Waals surface area contributed by atoms with Gasteiger partial charge in [-0.25, -0.2) is 0 Å². The molecule has 0 unspecified atom stereocenters. The van der Waals surface area contributed by atoms with E-state index in [1.54, 1.807) is 0 Å². The number of nitrogens with zero attached hydrogens (tertiary/aromatic N) is 4. The van der Waals surface area contributed by atoms with Crippen LogP contribution in [0.3, 0.4) is 0 Å². The van der Waals surface area contributed by atoms with E-state index in [9.17, 15) is 0 Å². The summed E-state index contributed by atoms with van der Waals surface area (Å²) in [5, 5.41) is 0. The van der Waals surface area contributed by atoms with Crippen LogP contribution in [-0.2, 0) is 0 Å². The largest absolute Gasteiger partial charge is 0.299 e. The molecule has 6 nitrogen and oxygen atoms in total. The summed E-state index contributed by atoms with van der Waals surface area (Å²) in [5.74, 6) is 0. The first-order chi connectivity index (χ1) is 10.7. The molecule has 10 heteroatoms. The Morgan fingerprint density at radius 3 is 1.50 bits per heavy atom. The summed E-state index contributed by atoms with van der Waals surface area (Å²) in [6.07, 6.45) is 0. The number of hydrogen-bond acceptors (Lipinski definition) is 8. The average Bonchev–Trinajstić information content (AvgIpc) is 3.18. The second kappa shape index (κ2) is 5.69. The Bertz CT molecular complexity index is 902. The van der Waals surface area contributed by atoms with E-state index < -0.39 is 0 Å². The molecule has 0 spiro atoms. The smallest absolute Gasteiger partial charge is 0.130 e. The van der Waals surface area contributed by atoms with E-state index in [1.807, 2.05) is 24.3 Å². The maximum atomic E-state index is 4.32. The van der Waals surface area contributed by atoms with E-state index in [-0.39, 0.29) is 0 Å². The summed E-state index contributed by atoms with van der Waals surface area (Å²) in [5.41, 5.74) is 11.4. The van der Waals surface area contributed by atoms with Gasteiger partial charge in [-0.1, -0.05) is 0 Å². The molecule has 0 aliphatic rings. The highest BCUT2D eigenvalue weighted by molar-refractivity contribution is 9.11. The van der Waals surface area contributed by atoms with Gasteiger partial charge in [0, 0.05) is 8.95 Å². The van der Waals surface area contributed by atoms with Crippen LogP contribution in [0.1, 0.15) is 0 Å². The fraction of sp³-hybridized carbons (Fsp3) is 0. The molecule has 0 aliphatic carbocycles. The van der Waals surface area contributed by atoms with Crippen molar-refractivity contribution in [2.24, 2.45) is 0 Å². The topological polar surface area (TPSA) is 75.6 Å². The number of hydrazine groups is 1. The summed E-state index contributed by atoms with van der Waals surface area (Å²) < 4.78 is 19.1. The summed E-state index contributed by atoms with van der Waals surface area (Å²) in [4.78, 5) is 0. The van der Waals surface area contributed by atoms with Crippen LogP contribution in [0.25, 0.3) is 22.1 Å². The number of nitrogens with one attached hydrogen (secondary N) is 2. The molecular formula is C12H6Br2N6S2. The second-order valence-corrected chi connectivity index (χ2v) is 7.13. The molecule has 0 radical (unpaired) electrons. The molecule has 0 saturated carbocycles. The third-order valence-electron chi connectivity index (χ3n) is 3.06. The highest BCUT2D eigenvalue weighted by Gasteiger charge is 2.11. The normalized spacial score (nSPS) is 11.2. The Kier molecular flexibility index (Phi) is 3.68. The molecule has 0 saturated heterocycles. The molecule has 2 N–H and O–H groups in total. The van der Waals surface area contributed by atoms with Crippen molar-refractivity contribution in [3.05, 3.63) is 33.2 Å². The average molecular weight is 458 g/mol. The van der Waals surface area contributed by atoms with Crippen LogP contribution in [0.2, 0.25) is 0 Å². The third kappa shape index (κ3) is 2.35. The van der Waals surface area contributed by atoms with Gasteiger partial charge in [-0.05, 0) is 56.1 Å². The molecule has 0 amide bonds. The molecule has 0 atom stereocenters. The van der Waals surface area contributed by atoms with Crippen LogP contribution >= 0.6 is 55.3 Å². The number of halogens is 2. The Hall–Kier alpha value is -1.36. The van der Waals surface area contributed by atoms with Gasteiger partial charge in [0.2, 0.25) is 0 Å². The van der Waals surface area contributed by atoms with Gasteiger partial charge >= 0.3 is 0 Å². The summed E-state index contributed by atoms with van der Waals surface area (Å²) >= 11 is 9.32. The molecule has 22 heavy (non-hydrogen) atoms. The zero-order chi connectivity index (χ0) is 15.1. The summed E-state index contributed by atoms with van der Waals surface area (Å²) in [6.45, 7) is 0. The minimum absolute atomic E-state index is 0.816. The quantitative estimate of drug-likeness (QED) is 0.435. The first-order valence-electron chi connectivity index (χ1n) is 6.07. The lowest BCUT2D eigenvalue weighted by Gasteiger charge is -2.11. The first kappa shape index (κ1) is 14.2.